The SMILES string of the molecule is Cc1cc(C)n(Cc2cccc(C(=O)Nc3ccn(Cc4ccccc4F)n3)c2)n1. The van der Waals surface area contributed by atoms with E-state index in [1.165, 1.54) is 6.07 Å². The highest BCUT2D eigenvalue weighted by molar-refractivity contribution is 6.03. The van der Waals surface area contributed by atoms with E-state index in [-0.39, 0.29) is 11.7 Å². The van der Waals surface area contributed by atoms with Crippen LogP contribution in [0.5, 0.6) is 0 Å². The van der Waals surface area contributed by atoms with Crippen LogP contribution in [0.2, 0.25) is 0 Å². The predicted molar refractivity (Wildman–Crippen MR) is 113 cm³/mol. The van der Waals surface area contributed by atoms with Gasteiger partial charge >= 0.3 is 0 Å². The van der Waals surface area contributed by atoms with Gasteiger partial charge in [0.25, 0.3) is 5.91 Å². The van der Waals surface area contributed by atoms with Crippen LogP contribution in [0.4, 0.5) is 10.2 Å². The first-order valence-electron chi connectivity index (χ1n) is 9.66. The maximum absolute atomic E-state index is 13.8. The van der Waals surface area contributed by atoms with E-state index in [1.54, 1.807) is 41.2 Å². The quantitative estimate of drug-likeness (QED) is 0.525. The van der Waals surface area contributed by atoms with Gasteiger partial charge in [0.15, 0.2) is 5.82 Å². The van der Waals surface area contributed by atoms with E-state index in [4.69, 9.17) is 0 Å². The van der Waals surface area contributed by atoms with Gasteiger partial charge in [0.2, 0.25) is 0 Å². The summed E-state index contributed by atoms with van der Waals surface area (Å²) in [6, 6.07) is 17.7. The molecule has 0 atom stereocenters. The number of hydrogen-bond acceptors (Lipinski definition) is 3. The Labute approximate surface area is 174 Å². The number of nitrogens with zero attached hydrogens (tertiary/aromatic N) is 4. The number of nitrogens with one attached hydrogen (secondary N) is 1. The lowest BCUT2D eigenvalue weighted by molar-refractivity contribution is 0.102. The summed E-state index contributed by atoms with van der Waals surface area (Å²) in [5.74, 6) is -0.111. The molecule has 1 amide bonds. The summed E-state index contributed by atoms with van der Waals surface area (Å²) in [7, 11) is 0. The maximum Gasteiger partial charge on any atom is 0.256 e. The van der Waals surface area contributed by atoms with Crippen molar-refractivity contribution < 1.29 is 9.18 Å². The minimum absolute atomic E-state index is 0.249. The summed E-state index contributed by atoms with van der Waals surface area (Å²) in [6.07, 6.45) is 1.71. The van der Waals surface area contributed by atoms with Crippen LogP contribution in [0.15, 0.2) is 66.9 Å². The summed E-state index contributed by atoms with van der Waals surface area (Å²) >= 11 is 0. The van der Waals surface area contributed by atoms with E-state index in [9.17, 15) is 9.18 Å². The maximum atomic E-state index is 13.8. The van der Waals surface area contributed by atoms with Gasteiger partial charge in [0.05, 0.1) is 18.8 Å². The predicted octanol–water partition coefficient (Wildman–Crippen LogP) is 4.18. The highest BCUT2D eigenvalue weighted by Crippen LogP contribution is 2.13. The average molecular weight is 403 g/mol. The molecule has 0 spiro atoms. The molecule has 0 saturated heterocycles. The summed E-state index contributed by atoms with van der Waals surface area (Å²) < 4.78 is 17.3. The van der Waals surface area contributed by atoms with Crippen LogP contribution in [-0.2, 0) is 13.1 Å². The normalized spacial score (nSPS) is 10.9. The van der Waals surface area contributed by atoms with Crippen molar-refractivity contribution >= 4 is 11.7 Å². The number of hydrogen-bond donors (Lipinski definition) is 1. The fourth-order valence-corrected chi connectivity index (χ4v) is 3.32. The van der Waals surface area contributed by atoms with Crippen LogP contribution in [-0.4, -0.2) is 25.5 Å². The number of rotatable bonds is 6. The number of aromatic nitrogens is 4. The molecular weight excluding hydrogens is 381 g/mol. The number of aryl methyl sites for hydroxylation is 2. The molecule has 152 valence electrons. The monoisotopic (exact) mass is 403 g/mol. The fourth-order valence-electron chi connectivity index (χ4n) is 3.32. The van der Waals surface area contributed by atoms with Crippen molar-refractivity contribution in [1.29, 1.82) is 0 Å². The molecule has 0 saturated carbocycles. The summed E-state index contributed by atoms with van der Waals surface area (Å²) in [4.78, 5) is 12.7. The molecule has 30 heavy (non-hydrogen) atoms. The van der Waals surface area contributed by atoms with Gasteiger partial charge in [-0.05, 0) is 43.7 Å². The third-order valence-corrected chi connectivity index (χ3v) is 4.80. The van der Waals surface area contributed by atoms with Crippen molar-refractivity contribution in [1.82, 2.24) is 19.6 Å². The van der Waals surface area contributed by atoms with E-state index in [0.29, 0.717) is 30.0 Å². The van der Waals surface area contributed by atoms with Crippen LogP contribution in [0, 0.1) is 19.7 Å². The van der Waals surface area contributed by atoms with Crippen molar-refractivity contribution in [3.63, 3.8) is 0 Å². The Morgan fingerprint density at radius 2 is 1.83 bits per heavy atom. The number of carbonyl (C=O) groups is 1. The Morgan fingerprint density at radius 1 is 1.00 bits per heavy atom. The van der Waals surface area contributed by atoms with Crippen LogP contribution >= 0.6 is 0 Å². The Kier molecular flexibility index (Phi) is 5.43. The average Bonchev–Trinajstić information content (AvgIpc) is 3.29. The van der Waals surface area contributed by atoms with Gasteiger partial charge in [0.1, 0.15) is 5.82 Å². The number of anilines is 1. The molecule has 2 aromatic carbocycles. The molecule has 6 nitrogen and oxygen atoms in total. The van der Waals surface area contributed by atoms with E-state index < -0.39 is 0 Å². The summed E-state index contributed by atoms with van der Waals surface area (Å²) in [6.45, 7) is 4.85. The van der Waals surface area contributed by atoms with Crippen LogP contribution in [0.25, 0.3) is 0 Å². The zero-order chi connectivity index (χ0) is 21.1. The highest BCUT2D eigenvalue weighted by atomic mass is 19.1. The van der Waals surface area contributed by atoms with Crippen molar-refractivity contribution in [2.24, 2.45) is 0 Å². The van der Waals surface area contributed by atoms with E-state index in [0.717, 1.165) is 17.0 Å². The molecule has 0 aliphatic heterocycles. The van der Waals surface area contributed by atoms with E-state index in [2.05, 4.69) is 15.5 Å². The van der Waals surface area contributed by atoms with Gasteiger partial charge < -0.3 is 5.32 Å². The molecule has 2 heterocycles. The first kappa shape index (κ1) is 19.6. The molecule has 0 aliphatic rings. The molecule has 4 aromatic rings. The Bertz CT molecular complexity index is 1190. The Balaban J connectivity index is 1.44. The molecular formula is C23H22FN5O. The number of amides is 1. The van der Waals surface area contributed by atoms with Gasteiger partial charge in [-0.15, -0.1) is 0 Å². The van der Waals surface area contributed by atoms with Crippen LogP contribution in [0.3, 0.4) is 0 Å². The topological polar surface area (TPSA) is 64.7 Å². The first-order chi connectivity index (χ1) is 14.5. The molecule has 4 rings (SSSR count). The molecule has 0 fully saturated rings. The lowest BCUT2D eigenvalue weighted by Gasteiger charge is -2.07. The second kappa shape index (κ2) is 8.32. The van der Waals surface area contributed by atoms with Gasteiger partial charge in [0, 0.05) is 29.1 Å². The zero-order valence-electron chi connectivity index (χ0n) is 16.8. The molecule has 0 aliphatic carbocycles. The minimum atomic E-state index is -0.280. The minimum Gasteiger partial charge on any atom is -0.305 e. The third kappa shape index (κ3) is 4.46. The van der Waals surface area contributed by atoms with Crippen molar-refractivity contribution in [3.05, 3.63) is 101 Å². The van der Waals surface area contributed by atoms with Crippen LogP contribution < -0.4 is 5.32 Å². The molecule has 0 unspecified atom stereocenters. The molecule has 0 radical (unpaired) electrons. The van der Waals surface area contributed by atoms with Crippen molar-refractivity contribution in [2.45, 2.75) is 26.9 Å². The van der Waals surface area contributed by atoms with Gasteiger partial charge in [-0.3, -0.25) is 14.2 Å². The number of halogens is 1. The molecule has 7 heteroatoms. The molecule has 0 bridgehead atoms. The lowest BCUT2D eigenvalue weighted by atomic mass is 10.1. The molecule has 2 aromatic heterocycles. The van der Waals surface area contributed by atoms with Crippen molar-refractivity contribution in [2.75, 3.05) is 5.32 Å². The van der Waals surface area contributed by atoms with Gasteiger partial charge in [-0.25, -0.2) is 4.39 Å². The smallest absolute Gasteiger partial charge is 0.256 e. The standard InChI is InChI=1S/C23H22FN5O/c1-16-12-17(2)29(26-16)14-18-6-5-8-19(13-18)23(30)25-22-10-11-28(27-22)15-20-7-3-4-9-21(20)24/h3-13H,14-15H2,1-2H3,(H,25,27,30). The Morgan fingerprint density at radius 3 is 2.60 bits per heavy atom. The lowest BCUT2D eigenvalue weighted by Crippen LogP contribution is -2.14. The van der Waals surface area contributed by atoms with E-state index in [1.807, 2.05) is 42.8 Å². The summed E-state index contributed by atoms with van der Waals surface area (Å²) in [5, 5.41) is 11.6. The van der Waals surface area contributed by atoms with Gasteiger partial charge in [-0.2, -0.15) is 10.2 Å². The number of benzene rings is 2. The second-order valence-corrected chi connectivity index (χ2v) is 7.23. The van der Waals surface area contributed by atoms with Gasteiger partial charge in [-0.1, -0.05) is 30.3 Å². The summed E-state index contributed by atoms with van der Waals surface area (Å²) in [5.41, 5.74) is 4.10. The zero-order valence-corrected chi connectivity index (χ0v) is 16.8. The Hall–Kier alpha value is -3.74. The highest BCUT2D eigenvalue weighted by Gasteiger charge is 2.11. The largest absolute Gasteiger partial charge is 0.305 e. The second-order valence-electron chi connectivity index (χ2n) is 7.23. The van der Waals surface area contributed by atoms with Crippen LogP contribution in [0.1, 0.15) is 32.9 Å². The molecule has 1 N–H and O–H groups in total. The number of carbonyl (C=O) groups excluding carboxylic acids is 1. The first-order valence-corrected chi connectivity index (χ1v) is 9.66. The van der Waals surface area contributed by atoms with E-state index >= 15 is 0 Å². The van der Waals surface area contributed by atoms with Crippen molar-refractivity contribution in [3.8, 4) is 0 Å². The fraction of sp³-hybridized carbons (Fsp3) is 0.174. The third-order valence-electron chi connectivity index (χ3n) is 4.80.